The molecule has 4 fully saturated rings. The van der Waals surface area contributed by atoms with Crippen molar-refractivity contribution < 1.29 is 102 Å². The van der Waals surface area contributed by atoms with Crippen molar-refractivity contribution in [2.45, 2.75) is 203 Å². The maximum Gasteiger partial charge on any atom is 0.407 e. The number of imide groups is 1. The monoisotopic (exact) mass is 1170 g/mol. The number of methoxy groups -OCH3 is 1. The molecule has 0 radical (unpaired) electrons. The van der Waals surface area contributed by atoms with Crippen molar-refractivity contribution in [1.29, 1.82) is 0 Å². The lowest BCUT2D eigenvalue weighted by Crippen LogP contribution is -2.69. The molecule has 0 aromatic heterocycles. The second-order valence-corrected chi connectivity index (χ2v) is 19.9. The number of alkyl carbamates (subject to hydrolysis) is 1. The molecule has 16 N–H and O–H groups in total. The van der Waals surface area contributed by atoms with Crippen molar-refractivity contribution in [2.24, 2.45) is 27.9 Å². The first-order valence-electron chi connectivity index (χ1n) is 27.3. The smallest absolute Gasteiger partial charge is 0.407 e. The van der Waals surface area contributed by atoms with Gasteiger partial charge < -0.3 is 107 Å². The van der Waals surface area contributed by atoms with Gasteiger partial charge >= 0.3 is 30.3 Å². The summed E-state index contributed by atoms with van der Waals surface area (Å²) < 4.78 is 49.3. The lowest BCUT2D eigenvalue weighted by Gasteiger charge is -2.49. The van der Waals surface area contributed by atoms with Gasteiger partial charge in [-0.05, 0) is 45.6 Å². The number of amidine groups is 1. The average Bonchev–Trinajstić information content (AvgIpc) is 3.41. The highest BCUT2D eigenvalue weighted by Crippen LogP contribution is 2.32. The van der Waals surface area contributed by atoms with Gasteiger partial charge in [0.05, 0.1) is 31.7 Å². The maximum absolute atomic E-state index is 13.7. The molecule has 0 aliphatic carbocycles. The van der Waals surface area contributed by atoms with Crippen LogP contribution in [-0.2, 0) is 57.0 Å². The number of rotatable bonds is 33. The SMILES string of the molecule is C.CNC1C(O)OC(COC(N)=O)C(OC2OC(COC(=O)NCCCCCCN=C3CC(=O)N(CCCCCCNC(C)=O)C(=O)N3CCCCCCCC(=O)OC)C(OC3OC(COC(N)=O)C(O)C(O)C3N)C(O)C2N)C1O. The van der Waals surface area contributed by atoms with Crippen LogP contribution in [0.1, 0.15) is 111 Å². The van der Waals surface area contributed by atoms with Crippen LogP contribution in [0.3, 0.4) is 0 Å². The summed E-state index contributed by atoms with van der Waals surface area (Å²) in [5.41, 5.74) is 22.8. The predicted molar refractivity (Wildman–Crippen MR) is 284 cm³/mol. The zero-order valence-electron chi connectivity index (χ0n) is 45.8. The van der Waals surface area contributed by atoms with Crippen molar-refractivity contribution in [3.8, 4) is 0 Å². The topological polar surface area (TPSA) is 463 Å². The lowest BCUT2D eigenvalue weighted by atomic mass is 9.94. The highest BCUT2D eigenvalue weighted by molar-refractivity contribution is 6.15. The zero-order chi connectivity index (χ0) is 58.9. The van der Waals surface area contributed by atoms with Crippen LogP contribution in [0.5, 0.6) is 0 Å². The Morgan fingerprint density at radius 2 is 1.15 bits per heavy atom. The number of primary amides is 2. The van der Waals surface area contributed by atoms with Crippen LogP contribution in [-0.4, -0.2) is 242 Å². The number of likely N-dealkylation sites (N-methyl/N-ethyl adjacent to an activating group) is 1. The summed E-state index contributed by atoms with van der Waals surface area (Å²) in [6.45, 7) is 1.30. The van der Waals surface area contributed by atoms with Crippen LogP contribution in [0.25, 0.3) is 0 Å². The van der Waals surface area contributed by atoms with Gasteiger partial charge in [-0.1, -0.05) is 52.4 Å². The Labute approximate surface area is 471 Å². The summed E-state index contributed by atoms with van der Waals surface area (Å²) in [6.07, 6.45) is -12.6. The minimum absolute atomic E-state index is 0. The Balaban J connectivity index is 0.0000172. The standard InChI is InChI=1S/C49H86N10O21.CH4/c1-27(60)55-18-12-8-10-16-22-59-32(61)23-31(58(49(59)71)21-15-9-4-5-11-17-33(62)72-3)56-19-13-6-7-14-20-57-48(70)75-26-30-41(79-44-34(50)38(64)37(63)28(77-44)24-73-46(52)68)39(65)35(51)45(78-30)80-42-29(25-74-47(53)69)76-43(67)36(54-2)40(42)66;/h28-30,34-45,54,63-67H,4-26,50-51H2,1-3H3,(H2,52,68)(H2,53,69)(H,55,60)(H,57,70);1H4. The molecule has 466 valence electrons. The van der Waals surface area contributed by atoms with Gasteiger partial charge in [-0.3, -0.25) is 29.2 Å². The van der Waals surface area contributed by atoms with Crippen molar-refractivity contribution in [2.75, 3.05) is 66.7 Å². The molecular formula is C50H90N10O21. The number of unbranched alkanes of at least 4 members (excludes halogenated alkanes) is 10. The third-order valence-corrected chi connectivity index (χ3v) is 13.9. The van der Waals surface area contributed by atoms with E-state index in [2.05, 4.69) is 16.0 Å². The fourth-order valence-electron chi connectivity index (χ4n) is 9.42. The van der Waals surface area contributed by atoms with Crippen LogP contribution in [0.4, 0.5) is 19.2 Å². The Morgan fingerprint density at radius 3 is 1.75 bits per heavy atom. The number of nitrogens with zero attached hydrogens (tertiary/aromatic N) is 3. The van der Waals surface area contributed by atoms with Crippen molar-refractivity contribution >= 4 is 47.9 Å². The molecule has 31 nitrogen and oxygen atoms in total. The molecule has 15 atom stereocenters. The number of aliphatic hydroxyl groups excluding tert-OH is 5. The molecular weight excluding hydrogens is 1080 g/mol. The summed E-state index contributed by atoms with van der Waals surface area (Å²) in [4.78, 5) is 93.1. The predicted octanol–water partition coefficient (Wildman–Crippen LogP) is -2.01. The number of urea groups is 1. The number of carbonyl (C=O) groups excluding carboxylic acids is 7. The number of hydrogen-bond acceptors (Lipinski definition) is 25. The Bertz CT molecular complexity index is 2000. The molecule has 4 aliphatic heterocycles. The fourth-order valence-corrected chi connectivity index (χ4v) is 9.42. The molecule has 0 aromatic carbocycles. The quantitative estimate of drug-likeness (QED) is 0.0192. The number of esters is 1. The van der Waals surface area contributed by atoms with Gasteiger partial charge in [-0.25, -0.2) is 19.2 Å². The highest BCUT2D eigenvalue weighted by atomic mass is 16.7. The first-order chi connectivity index (χ1) is 38.2. The largest absolute Gasteiger partial charge is 0.469 e. The summed E-state index contributed by atoms with van der Waals surface area (Å²) in [7, 11) is 2.78. The van der Waals surface area contributed by atoms with E-state index in [1.165, 1.54) is 26.0 Å². The molecule has 4 aliphatic rings. The van der Waals surface area contributed by atoms with Crippen LogP contribution in [0.15, 0.2) is 4.99 Å². The van der Waals surface area contributed by atoms with E-state index in [1.807, 2.05) is 0 Å². The van der Waals surface area contributed by atoms with Crippen molar-refractivity contribution in [3.05, 3.63) is 0 Å². The number of amides is 7. The Morgan fingerprint density at radius 1 is 0.642 bits per heavy atom. The third kappa shape index (κ3) is 22.5. The maximum atomic E-state index is 13.7. The van der Waals surface area contributed by atoms with Gasteiger partial charge in [0.1, 0.15) is 80.6 Å². The van der Waals surface area contributed by atoms with Crippen LogP contribution in [0, 0.1) is 0 Å². The normalized spacial score (nSPS) is 30.0. The second-order valence-electron chi connectivity index (χ2n) is 19.9. The first kappa shape index (κ1) is 70.1. The average molecular weight is 1170 g/mol. The lowest BCUT2D eigenvalue weighted by molar-refractivity contribution is -0.348. The van der Waals surface area contributed by atoms with E-state index in [9.17, 15) is 59.1 Å². The van der Waals surface area contributed by atoms with E-state index in [-0.39, 0.29) is 44.7 Å². The van der Waals surface area contributed by atoms with Gasteiger partial charge in [-0.15, -0.1) is 0 Å². The van der Waals surface area contributed by atoms with E-state index >= 15 is 0 Å². The van der Waals surface area contributed by atoms with Crippen LogP contribution in [0.2, 0.25) is 0 Å². The molecule has 0 spiro atoms. The van der Waals surface area contributed by atoms with E-state index in [0.717, 1.165) is 38.5 Å². The Kier molecular flexibility index (Phi) is 31.5. The Hall–Kier alpha value is -5.16. The van der Waals surface area contributed by atoms with E-state index < -0.39 is 136 Å². The summed E-state index contributed by atoms with van der Waals surface area (Å²) in [5.74, 6) is -0.256. The number of ether oxygens (including phenoxy) is 9. The molecule has 4 heterocycles. The van der Waals surface area contributed by atoms with Crippen molar-refractivity contribution in [1.82, 2.24) is 25.8 Å². The number of carbonyl (C=O) groups is 7. The minimum Gasteiger partial charge on any atom is -0.469 e. The van der Waals surface area contributed by atoms with Crippen molar-refractivity contribution in [3.63, 3.8) is 0 Å². The second kappa shape index (κ2) is 36.4. The number of nitrogens with one attached hydrogen (secondary N) is 3. The van der Waals surface area contributed by atoms with Gasteiger partial charge in [0.2, 0.25) is 11.8 Å². The molecule has 7 amide bonds. The number of hydrogen-bond donors (Lipinski definition) is 12. The molecule has 0 saturated carbocycles. The first-order valence-corrected chi connectivity index (χ1v) is 27.3. The minimum atomic E-state index is -1.78. The van der Waals surface area contributed by atoms with Crippen LogP contribution < -0.4 is 38.9 Å². The highest BCUT2D eigenvalue weighted by Gasteiger charge is 2.53. The number of aliphatic imine (C=N–C) groups is 1. The van der Waals surface area contributed by atoms with Crippen LogP contribution >= 0.6 is 0 Å². The van der Waals surface area contributed by atoms with E-state index in [0.29, 0.717) is 76.8 Å². The van der Waals surface area contributed by atoms with E-state index in [1.54, 1.807) is 4.90 Å². The molecule has 4 rings (SSSR count). The third-order valence-electron chi connectivity index (χ3n) is 13.9. The van der Waals surface area contributed by atoms with Gasteiger partial charge in [0, 0.05) is 46.1 Å². The molecule has 0 aromatic rings. The number of aliphatic hydroxyl groups is 5. The van der Waals surface area contributed by atoms with Gasteiger partial charge in [0.15, 0.2) is 18.9 Å². The van der Waals surface area contributed by atoms with E-state index in [4.69, 9.17) is 70.6 Å². The molecule has 4 saturated heterocycles. The van der Waals surface area contributed by atoms with Gasteiger partial charge in [-0.2, -0.15) is 0 Å². The molecule has 31 heteroatoms. The zero-order valence-corrected chi connectivity index (χ0v) is 45.8. The molecule has 0 bridgehead atoms. The molecule has 81 heavy (non-hydrogen) atoms. The summed E-state index contributed by atoms with van der Waals surface area (Å²) in [5, 5.41) is 62.9. The summed E-state index contributed by atoms with van der Waals surface area (Å²) in [6, 6.07) is -4.56. The number of nitrogens with two attached hydrogens (primary N) is 4. The summed E-state index contributed by atoms with van der Waals surface area (Å²) >= 11 is 0. The fraction of sp³-hybridized carbons (Fsp3) is 0.840. The van der Waals surface area contributed by atoms with Gasteiger partial charge in [0.25, 0.3) is 0 Å². The molecule has 15 unspecified atom stereocenters.